The molecule has 12 heteroatoms. The molecule has 10 nitrogen and oxygen atoms in total. The van der Waals surface area contributed by atoms with E-state index in [2.05, 4.69) is 67.5 Å². The summed E-state index contributed by atoms with van der Waals surface area (Å²) in [5.74, 6) is 1.63. The maximum atomic E-state index is 15.3. The van der Waals surface area contributed by atoms with Gasteiger partial charge in [0.1, 0.15) is 11.4 Å². The number of rotatable bonds is 29. The smallest absolute Gasteiger partial charge is 0.261 e. The van der Waals surface area contributed by atoms with E-state index in [9.17, 15) is 0 Å². The fourth-order valence-corrected chi connectivity index (χ4v) is 13.9. The third-order valence-corrected chi connectivity index (χ3v) is 17.9. The van der Waals surface area contributed by atoms with E-state index >= 15 is 19.2 Å². The van der Waals surface area contributed by atoms with E-state index < -0.39 is 0 Å². The highest BCUT2D eigenvalue weighted by Gasteiger charge is 2.52. The Bertz CT molecular complexity index is 2630. The summed E-state index contributed by atoms with van der Waals surface area (Å²) in [5.41, 5.74) is 4.39. The number of thiophene rings is 2. The van der Waals surface area contributed by atoms with Crippen LogP contribution in [-0.2, 0) is 19.2 Å². The van der Waals surface area contributed by atoms with Gasteiger partial charge in [0.05, 0.1) is 56.0 Å². The second-order valence-electron chi connectivity index (χ2n) is 20.5. The molecule has 8 rings (SSSR count). The summed E-state index contributed by atoms with van der Waals surface area (Å²) in [6.45, 7) is 19.7. The summed E-state index contributed by atoms with van der Waals surface area (Å²) >= 11 is 3.17. The molecule has 0 bridgehead atoms. The third-order valence-electron chi connectivity index (χ3n) is 15.6. The minimum atomic E-state index is -0.140. The van der Waals surface area contributed by atoms with Crippen LogP contribution in [0.25, 0.3) is 32.2 Å². The van der Waals surface area contributed by atoms with Gasteiger partial charge in [-0.15, -0.1) is 22.7 Å². The SMILES string of the molecule is CCCCC(CC)CN1C(=O)C2=C(c3cc4sc(C5=C6C(=O)N(CC(CCC)CCCC)C(c7ccco7)=C6C(=O)N5CC(CC)CCCC)cc4s3)N(CC(CC)CCCC)C(=O)C2=C1c1ccco1. The van der Waals surface area contributed by atoms with Crippen molar-refractivity contribution in [2.75, 3.05) is 26.2 Å². The van der Waals surface area contributed by atoms with Crippen LogP contribution in [0.15, 0.2) is 80.1 Å². The Morgan fingerprint density at radius 3 is 1.06 bits per heavy atom. The molecule has 0 spiro atoms. The Morgan fingerprint density at radius 1 is 0.423 bits per heavy atom. The normalized spacial score (nSPS) is 18.0. The molecule has 4 aliphatic rings. The highest BCUT2D eigenvalue weighted by atomic mass is 32.1. The number of carbonyl (C=O) groups is 4. The van der Waals surface area contributed by atoms with E-state index in [1.165, 1.54) is 0 Å². The Morgan fingerprint density at radius 2 is 0.746 bits per heavy atom. The van der Waals surface area contributed by atoms with Crippen molar-refractivity contribution in [3.8, 4) is 0 Å². The van der Waals surface area contributed by atoms with Crippen LogP contribution < -0.4 is 0 Å². The van der Waals surface area contributed by atoms with Gasteiger partial charge in [-0.1, -0.05) is 132 Å². The molecule has 0 radical (unpaired) electrons. The number of furan rings is 2. The van der Waals surface area contributed by atoms with Crippen LogP contribution in [0.4, 0.5) is 0 Å². The van der Waals surface area contributed by atoms with Gasteiger partial charge < -0.3 is 28.4 Å². The van der Waals surface area contributed by atoms with Crippen LogP contribution >= 0.6 is 22.7 Å². The first-order chi connectivity index (χ1) is 34.6. The average molecular weight is 1000 g/mol. The summed E-state index contributed by atoms with van der Waals surface area (Å²) in [5, 5.41) is 0. The molecule has 0 N–H and O–H groups in total. The Kier molecular flexibility index (Phi) is 17.5. The van der Waals surface area contributed by atoms with E-state index in [4.69, 9.17) is 8.83 Å². The van der Waals surface area contributed by atoms with Crippen molar-refractivity contribution in [2.24, 2.45) is 23.7 Å². The number of carbonyl (C=O) groups excluding carboxylic acids is 4. The minimum Gasteiger partial charge on any atom is -0.463 e. The molecule has 4 aromatic rings. The lowest BCUT2D eigenvalue weighted by molar-refractivity contribution is -0.124. The molecule has 4 aromatic heterocycles. The van der Waals surface area contributed by atoms with E-state index in [-0.39, 0.29) is 41.4 Å². The zero-order valence-electron chi connectivity index (χ0n) is 43.8. The molecule has 71 heavy (non-hydrogen) atoms. The van der Waals surface area contributed by atoms with Crippen LogP contribution in [0, 0.1) is 23.7 Å². The molecule has 382 valence electrons. The van der Waals surface area contributed by atoms with Crippen molar-refractivity contribution in [1.29, 1.82) is 0 Å². The van der Waals surface area contributed by atoms with E-state index in [0.29, 0.717) is 88.7 Å². The van der Waals surface area contributed by atoms with Crippen molar-refractivity contribution in [1.82, 2.24) is 19.6 Å². The van der Waals surface area contributed by atoms with Gasteiger partial charge in [-0.05, 0) is 92.2 Å². The van der Waals surface area contributed by atoms with Gasteiger partial charge >= 0.3 is 0 Å². The van der Waals surface area contributed by atoms with Crippen LogP contribution in [-0.4, -0.2) is 69.4 Å². The van der Waals surface area contributed by atoms with Crippen molar-refractivity contribution in [3.05, 3.63) is 92.5 Å². The summed E-state index contributed by atoms with van der Waals surface area (Å²) < 4.78 is 14.1. The highest BCUT2D eigenvalue weighted by Crippen LogP contribution is 2.53. The van der Waals surface area contributed by atoms with Crippen LogP contribution in [0.2, 0.25) is 0 Å². The van der Waals surface area contributed by atoms with Gasteiger partial charge in [-0.3, -0.25) is 19.2 Å². The molecule has 4 aliphatic heterocycles. The van der Waals surface area contributed by atoms with Gasteiger partial charge in [0.2, 0.25) is 0 Å². The number of amides is 4. The molecule has 0 fully saturated rings. The fourth-order valence-electron chi connectivity index (χ4n) is 11.4. The lowest BCUT2D eigenvalue weighted by Crippen LogP contribution is -2.34. The Hall–Kier alpha value is -4.94. The van der Waals surface area contributed by atoms with Crippen molar-refractivity contribution in [2.45, 2.75) is 165 Å². The first kappa shape index (κ1) is 52.4. The van der Waals surface area contributed by atoms with E-state index in [1.54, 1.807) is 35.2 Å². The lowest BCUT2D eigenvalue weighted by atomic mass is 9.96. The van der Waals surface area contributed by atoms with Crippen molar-refractivity contribution < 1.29 is 28.0 Å². The molecular formula is C59H78N4O6S2. The Balaban J connectivity index is 1.27. The summed E-state index contributed by atoms with van der Waals surface area (Å²) in [4.78, 5) is 70.2. The maximum absolute atomic E-state index is 15.3. The highest BCUT2D eigenvalue weighted by molar-refractivity contribution is 7.28. The second-order valence-corrected chi connectivity index (χ2v) is 22.7. The van der Waals surface area contributed by atoms with Crippen LogP contribution in [0.1, 0.15) is 186 Å². The molecule has 4 atom stereocenters. The minimum absolute atomic E-state index is 0.134. The predicted octanol–water partition coefficient (Wildman–Crippen LogP) is 15.0. The predicted molar refractivity (Wildman–Crippen MR) is 289 cm³/mol. The average Bonchev–Trinajstić information content (AvgIpc) is 4.26. The zero-order chi connectivity index (χ0) is 50.3. The molecule has 8 heterocycles. The van der Waals surface area contributed by atoms with Crippen LogP contribution in [0.3, 0.4) is 0 Å². The summed E-state index contributed by atoms with van der Waals surface area (Å²) in [6, 6.07) is 11.7. The van der Waals surface area contributed by atoms with Crippen LogP contribution in [0.5, 0.6) is 0 Å². The number of fused-ring (bicyclic) bond motifs is 3. The number of hydrogen-bond donors (Lipinski definition) is 0. The summed E-state index contributed by atoms with van der Waals surface area (Å²) in [6.07, 6.45) is 20.7. The molecular weight excluding hydrogens is 925 g/mol. The molecule has 0 aromatic carbocycles. The van der Waals surface area contributed by atoms with Gasteiger partial charge in [0, 0.05) is 35.6 Å². The largest absolute Gasteiger partial charge is 0.463 e. The summed E-state index contributed by atoms with van der Waals surface area (Å²) in [7, 11) is 0. The zero-order valence-corrected chi connectivity index (χ0v) is 45.5. The molecule has 4 unspecified atom stereocenters. The quantitative estimate of drug-likeness (QED) is 0.0536. The third kappa shape index (κ3) is 10.4. The van der Waals surface area contributed by atoms with Gasteiger partial charge in [-0.25, -0.2) is 0 Å². The second kappa shape index (κ2) is 23.7. The van der Waals surface area contributed by atoms with Crippen molar-refractivity contribution >= 4 is 78.5 Å². The Labute approximate surface area is 430 Å². The first-order valence-corrected chi connectivity index (χ1v) is 29.1. The maximum Gasteiger partial charge on any atom is 0.261 e. The number of unbranched alkanes of at least 4 members (excludes halogenated alkanes) is 4. The topological polar surface area (TPSA) is 108 Å². The molecule has 0 saturated carbocycles. The first-order valence-electron chi connectivity index (χ1n) is 27.4. The number of hydrogen-bond acceptors (Lipinski definition) is 8. The van der Waals surface area contributed by atoms with E-state index in [0.717, 1.165) is 128 Å². The number of nitrogens with zero attached hydrogens (tertiary/aromatic N) is 4. The van der Waals surface area contributed by atoms with Gasteiger partial charge in [0.15, 0.2) is 11.5 Å². The molecule has 4 amide bonds. The standard InChI is InChI=1S/C59H78N4O6S2/c1-9-17-24-38(14-6)34-60-52(42-28-21-30-68-42)48-50(58(60)66)54(62(56(48)64)35-39(15-7)25-18-10-2)46-32-44-45(70-46)33-47(71-44)55-51-49(57(65)63(55)36-40(16-8)26-19-11-3)53(43-29-22-31-69-43)61(59(51)67)37-41(23-13-5)27-20-12-4/h21-22,28-33,38-41H,9-20,23-27,34-37H2,1-8H3. The molecule has 0 saturated heterocycles. The van der Waals surface area contributed by atoms with Gasteiger partial charge in [0.25, 0.3) is 23.6 Å². The van der Waals surface area contributed by atoms with E-state index in [1.807, 2.05) is 43.9 Å². The van der Waals surface area contributed by atoms with Gasteiger partial charge in [-0.2, -0.15) is 0 Å². The lowest BCUT2D eigenvalue weighted by Gasteiger charge is -2.29. The van der Waals surface area contributed by atoms with Crippen molar-refractivity contribution in [3.63, 3.8) is 0 Å². The monoisotopic (exact) mass is 1000 g/mol. The fraction of sp³-hybridized carbons (Fsp3) is 0.559. The molecule has 0 aliphatic carbocycles.